The number of carbonyl (C=O) groups excluding carboxylic acids is 1. The van der Waals surface area contributed by atoms with Crippen molar-refractivity contribution in [3.63, 3.8) is 0 Å². The minimum atomic E-state index is -0.199. The Labute approximate surface area is 219 Å². The molecule has 196 valence electrons. The van der Waals surface area contributed by atoms with Crippen LogP contribution in [0.3, 0.4) is 0 Å². The number of fused-ring (bicyclic) bond motifs is 1. The molecular formula is C29H39N7O. The summed E-state index contributed by atoms with van der Waals surface area (Å²) >= 11 is 0. The summed E-state index contributed by atoms with van der Waals surface area (Å²) < 4.78 is 0. The van der Waals surface area contributed by atoms with Crippen LogP contribution in [0.1, 0.15) is 57.8 Å². The van der Waals surface area contributed by atoms with Crippen molar-refractivity contribution in [3.05, 3.63) is 42.9 Å². The number of rotatable bonds is 5. The first-order chi connectivity index (χ1) is 18.2. The number of aromatic nitrogens is 3. The van der Waals surface area contributed by atoms with E-state index < -0.39 is 0 Å². The molecule has 6 rings (SSSR count). The molecule has 0 radical (unpaired) electrons. The zero-order valence-corrected chi connectivity index (χ0v) is 21.7. The van der Waals surface area contributed by atoms with Gasteiger partial charge < -0.3 is 21.3 Å². The molecule has 0 atom stereocenters. The lowest BCUT2D eigenvalue weighted by molar-refractivity contribution is -0.122. The summed E-state index contributed by atoms with van der Waals surface area (Å²) in [6.45, 7) is 4.04. The molecule has 8 heteroatoms. The molecule has 0 spiro atoms. The van der Waals surface area contributed by atoms with Crippen LogP contribution in [0.5, 0.6) is 0 Å². The zero-order valence-electron chi connectivity index (χ0n) is 21.7. The van der Waals surface area contributed by atoms with Gasteiger partial charge in [-0.15, -0.1) is 0 Å². The number of hydrogen-bond acceptors (Lipinski definition) is 7. The first kappa shape index (κ1) is 25.4. The smallest absolute Gasteiger partial charge is 0.220 e. The fraction of sp³-hybridized carbons (Fsp3) is 0.517. The van der Waals surface area contributed by atoms with Gasteiger partial charge in [0.05, 0.1) is 5.69 Å². The summed E-state index contributed by atoms with van der Waals surface area (Å²) in [4.78, 5) is 27.8. The third-order valence-corrected chi connectivity index (χ3v) is 7.78. The number of hydrogen-bond donors (Lipinski definition) is 3. The number of carbonyl (C=O) groups is 1. The first-order valence-corrected chi connectivity index (χ1v) is 13.9. The summed E-state index contributed by atoms with van der Waals surface area (Å²) in [6.07, 6.45) is 16.2. The van der Waals surface area contributed by atoms with E-state index in [-0.39, 0.29) is 11.8 Å². The normalized spacial score (nSPS) is 18.9. The van der Waals surface area contributed by atoms with Gasteiger partial charge in [0.1, 0.15) is 11.6 Å². The molecule has 8 nitrogen and oxygen atoms in total. The van der Waals surface area contributed by atoms with E-state index >= 15 is 0 Å². The van der Waals surface area contributed by atoms with Crippen molar-refractivity contribution >= 4 is 28.3 Å². The maximum Gasteiger partial charge on any atom is 0.220 e. The van der Waals surface area contributed by atoms with E-state index in [1.165, 1.54) is 58.0 Å². The molecule has 5 heterocycles. The molecule has 0 bridgehead atoms. The number of anilines is 2. The third kappa shape index (κ3) is 6.55. The molecule has 37 heavy (non-hydrogen) atoms. The largest absolute Gasteiger partial charge is 0.369 e. The van der Waals surface area contributed by atoms with Gasteiger partial charge in [0.25, 0.3) is 0 Å². The van der Waals surface area contributed by atoms with Gasteiger partial charge in [0.2, 0.25) is 5.91 Å². The van der Waals surface area contributed by atoms with Crippen molar-refractivity contribution in [3.8, 4) is 11.3 Å². The number of piperidine rings is 1. The standard InChI is InChI=1S/C25H30N6O.C4H9N/c26-24(32)17-8-12-31(13-9-17)25-21-7-10-27-16-19(21)14-22(30-25)18-6-11-28-23(15-18)29-20-4-2-1-3-5-20;1-2-4-5-3-1/h6-7,10-11,14-17,20H,1-5,8-9,12-13H2,(H2,26,32)(H,28,29);5H,1-4H2. The lowest BCUT2D eigenvalue weighted by Crippen LogP contribution is -2.39. The second-order valence-corrected chi connectivity index (χ2v) is 10.5. The van der Waals surface area contributed by atoms with E-state index in [4.69, 9.17) is 10.7 Å². The molecule has 4 N–H and O–H groups in total. The molecule has 1 amide bonds. The highest BCUT2D eigenvalue weighted by Crippen LogP contribution is 2.32. The van der Waals surface area contributed by atoms with Crippen LogP contribution >= 0.6 is 0 Å². The number of nitrogens with one attached hydrogen (secondary N) is 2. The molecule has 3 aliphatic rings. The maximum atomic E-state index is 11.6. The van der Waals surface area contributed by atoms with Crippen LogP contribution in [-0.2, 0) is 4.79 Å². The highest BCUT2D eigenvalue weighted by atomic mass is 16.1. The number of amides is 1. The van der Waals surface area contributed by atoms with Crippen molar-refractivity contribution in [1.82, 2.24) is 20.3 Å². The van der Waals surface area contributed by atoms with Crippen LogP contribution in [0.25, 0.3) is 22.0 Å². The van der Waals surface area contributed by atoms with E-state index in [0.717, 1.165) is 59.6 Å². The molecular weight excluding hydrogens is 462 g/mol. The van der Waals surface area contributed by atoms with Gasteiger partial charge in [-0.25, -0.2) is 9.97 Å². The fourth-order valence-electron chi connectivity index (χ4n) is 5.59. The summed E-state index contributed by atoms with van der Waals surface area (Å²) in [5.74, 6) is 1.61. The predicted molar refractivity (Wildman–Crippen MR) is 149 cm³/mol. The van der Waals surface area contributed by atoms with Gasteiger partial charge in [0.15, 0.2) is 0 Å². The van der Waals surface area contributed by atoms with Crippen LogP contribution in [0.2, 0.25) is 0 Å². The molecule has 0 unspecified atom stereocenters. The van der Waals surface area contributed by atoms with E-state index in [1.807, 2.05) is 30.7 Å². The van der Waals surface area contributed by atoms with E-state index in [9.17, 15) is 4.79 Å². The average molecular weight is 502 g/mol. The van der Waals surface area contributed by atoms with E-state index in [0.29, 0.717) is 6.04 Å². The quantitative estimate of drug-likeness (QED) is 0.472. The van der Waals surface area contributed by atoms with Gasteiger partial charge in [-0.3, -0.25) is 9.78 Å². The fourth-order valence-corrected chi connectivity index (χ4v) is 5.59. The van der Waals surface area contributed by atoms with Gasteiger partial charge in [-0.1, -0.05) is 19.3 Å². The lowest BCUT2D eigenvalue weighted by Gasteiger charge is -2.32. The average Bonchev–Trinajstić information content (AvgIpc) is 3.54. The second kappa shape index (κ2) is 12.3. The third-order valence-electron chi connectivity index (χ3n) is 7.78. The first-order valence-electron chi connectivity index (χ1n) is 13.9. The zero-order chi connectivity index (χ0) is 25.5. The minimum absolute atomic E-state index is 0.0454. The number of pyridine rings is 3. The summed E-state index contributed by atoms with van der Waals surface area (Å²) in [7, 11) is 0. The minimum Gasteiger partial charge on any atom is -0.369 e. The topological polar surface area (TPSA) is 109 Å². The molecule has 2 saturated heterocycles. The van der Waals surface area contributed by atoms with Gasteiger partial charge in [-0.05, 0) is 75.9 Å². The van der Waals surface area contributed by atoms with Crippen LogP contribution in [0.15, 0.2) is 42.9 Å². The number of nitrogens with zero attached hydrogens (tertiary/aromatic N) is 4. The van der Waals surface area contributed by atoms with Crippen molar-refractivity contribution in [2.45, 2.75) is 63.8 Å². The van der Waals surface area contributed by atoms with Gasteiger partial charge in [-0.2, -0.15) is 0 Å². The number of nitrogens with two attached hydrogens (primary N) is 1. The predicted octanol–water partition coefficient (Wildman–Crippen LogP) is 4.51. The van der Waals surface area contributed by atoms with Crippen molar-refractivity contribution in [2.24, 2.45) is 11.7 Å². The molecule has 3 fully saturated rings. The molecule has 1 saturated carbocycles. The Kier molecular flexibility index (Phi) is 8.46. The Balaban J connectivity index is 0.000000503. The Morgan fingerprint density at radius 3 is 2.46 bits per heavy atom. The second-order valence-electron chi connectivity index (χ2n) is 10.5. The van der Waals surface area contributed by atoms with E-state index in [1.54, 1.807) is 0 Å². The monoisotopic (exact) mass is 501 g/mol. The van der Waals surface area contributed by atoms with Crippen LogP contribution in [-0.4, -0.2) is 53.1 Å². The maximum absolute atomic E-state index is 11.6. The highest BCUT2D eigenvalue weighted by molar-refractivity contribution is 5.94. The Morgan fingerprint density at radius 1 is 0.973 bits per heavy atom. The van der Waals surface area contributed by atoms with Gasteiger partial charge in [0, 0.05) is 60.0 Å². The molecule has 1 aliphatic carbocycles. The Bertz CT molecular complexity index is 1170. The number of primary amides is 1. The molecule has 0 aromatic carbocycles. The summed E-state index contributed by atoms with van der Waals surface area (Å²) in [5.41, 5.74) is 7.48. The van der Waals surface area contributed by atoms with Crippen molar-refractivity contribution in [2.75, 3.05) is 36.4 Å². The molecule has 2 aliphatic heterocycles. The Hall–Kier alpha value is -3.26. The van der Waals surface area contributed by atoms with Crippen LogP contribution < -0.4 is 21.3 Å². The summed E-state index contributed by atoms with van der Waals surface area (Å²) in [5, 5.41) is 8.98. The van der Waals surface area contributed by atoms with E-state index in [2.05, 4.69) is 37.6 Å². The van der Waals surface area contributed by atoms with Crippen LogP contribution in [0, 0.1) is 5.92 Å². The van der Waals surface area contributed by atoms with Crippen molar-refractivity contribution in [1.29, 1.82) is 0 Å². The summed E-state index contributed by atoms with van der Waals surface area (Å²) in [6, 6.07) is 8.73. The van der Waals surface area contributed by atoms with Crippen molar-refractivity contribution < 1.29 is 4.79 Å². The molecule has 3 aromatic heterocycles. The molecule has 3 aromatic rings. The highest BCUT2D eigenvalue weighted by Gasteiger charge is 2.25. The van der Waals surface area contributed by atoms with Crippen LogP contribution in [0.4, 0.5) is 11.6 Å². The SMILES string of the molecule is C1CCNC1.NC(=O)C1CCN(c2nc(-c3ccnc(NC4CCCCC4)c3)cc3cnccc23)CC1. The lowest BCUT2D eigenvalue weighted by atomic mass is 9.95. The van der Waals surface area contributed by atoms with Gasteiger partial charge >= 0.3 is 0 Å². The Morgan fingerprint density at radius 2 is 1.76 bits per heavy atom.